The number of nitrogens with zero attached hydrogens (tertiary/aromatic N) is 3. The standard InChI is InChI=1S/C23H23N3O2S/c1-28-20-10-6-5-9-19(20)23-25-24-22(29-23)18-13-15-26(16-14-18)21(27)12-11-17-7-3-2-4-8-17/h2-12,18H,13-16H2,1H3/b12-11-. The van der Waals surface area contributed by atoms with Crippen molar-refractivity contribution in [3.63, 3.8) is 0 Å². The van der Waals surface area contributed by atoms with Gasteiger partial charge in [-0.3, -0.25) is 4.79 Å². The molecule has 1 fully saturated rings. The average molecular weight is 406 g/mol. The molecule has 29 heavy (non-hydrogen) atoms. The van der Waals surface area contributed by atoms with Crippen LogP contribution in [0, 0.1) is 0 Å². The van der Waals surface area contributed by atoms with Crippen molar-refractivity contribution < 1.29 is 9.53 Å². The fourth-order valence-corrected chi connectivity index (χ4v) is 4.56. The van der Waals surface area contributed by atoms with Gasteiger partial charge in [-0.25, -0.2) is 0 Å². The van der Waals surface area contributed by atoms with Gasteiger partial charge in [0.1, 0.15) is 10.8 Å². The van der Waals surface area contributed by atoms with Crippen molar-refractivity contribution in [2.75, 3.05) is 20.2 Å². The lowest BCUT2D eigenvalue weighted by molar-refractivity contribution is -0.126. The van der Waals surface area contributed by atoms with E-state index >= 15 is 0 Å². The summed E-state index contributed by atoms with van der Waals surface area (Å²) in [7, 11) is 1.67. The van der Waals surface area contributed by atoms with Crippen molar-refractivity contribution in [2.24, 2.45) is 0 Å². The van der Waals surface area contributed by atoms with E-state index in [1.807, 2.05) is 65.6 Å². The van der Waals surface area contributed by atoms with E-state index in [1.54, 1.807) is 24.5 Å². The van der Waals surface area contributed by atoms with Crippen molar-refractivity contribution in [2.45, 2.75) is 18.8 Å². The second-order valence-corrected chi connectivity index (χ2v) is 8.00. The molecule has 2 heterocycles. The third kappa shape index (κ3) is 4.54. The summed E-state index contributed by atoms with van der Waals surface area (Å²) in [5.74, 6) is 1.22. The van der Waals surface area contributed by atoms with Crippen LogP contribution in [0.2, 0.25) is 0 Å². The molecule has 1 aliphatic rings. The monoisotopic (exact) mass is 405 g/mol. The molecule has 6 heteroatoms. The maximum atomic E-state index is 12.5. The Hall–Kier alpha value is -2.99. The minimum absolute atomic E-state index is 0.0688. The quantitative estimate of drug-likeness (QED) is 0.581. The minimum Gasteiger partial charge on any atom is -0.496 e. The number of likely N-dealkylation sites (tertiary alicyclic amines) is 1. The highest BCUT2D eigenvalue weighted by Gasteiger charge is 2.26. The van der Waals surface area contributed by atoms with Crippen LogP contribution in [0.15, 0.2) is 60.7 Å². The maximum absolute atomic E-state index is 12.5. The Labute approximate surface area is 174 Å². The molecular weight excluding hydrogens is 382 g/mol. The number of piperidine rings is 1. The number of para-hydroxylation sites is 1. The lowest BCUT2D eigenvalue weighted by atomic mass is 9.97. The fraction of sp³-hybridized carbons (Fsp3) is 0.261. The van der Waals surface area contributed by atoms with E-state index in [-0.39, 0.29) is 5.91 Å². The zero-order chi connectivity index (χ0) is 20.1. The van der Waals surface area contributed by atoms with E-state index < -0.39 is 0 Å². The number of hydrogen-bond donors (Lipinski definition) is 0. The minimum atomic E-state index is 0.0688. The van der Waals surface area contributed by atoms with Crippen LogP contribution in [0.1, 0.15) is 29.3 Å². The van der Waals surface area contributed by atoms with Crippen LogP contribution in [0.3, 0.4) is 0 Å². The Bertz CT molecular complexity index is 992. The van der Waals surface area contributed by atoms with Gasteiger partial charge in [-0.05, 0) is 36.6 Å². The maximum Gasteiger partial charge on any atom is 0.246 e. The zero-order valence-electron chi connectivity index (χ0n) is 16.3. The highest BCUT2D eigenvalue weighted by molar-refractivity contribution is 7.14. The third-order valence-electron chi connectivity index (χ3n) is 5.15. The Morgan fingerprint density at radius 1 is 1.07 bits per heavy atom. The van der Waals surface area contributed by atoms with E-state index in [0.717, 1.165) is 52.8 Å². The first-order valence-corrected chi connectivity index (χ1v) is 10.5. The second kappa shape index (κ2) is 9.01. The average Bonchev–Trinajstić information content (AvgIpc) is 3.28. The topological polar surface area (TPSA) is 55.3 Å². The molecule has 148 valence electrons. The second-order valence-electron chi connectivity index (χ2n) is 6.99. The lowest BCUT2D eigenvalue weighted by Gasteiger charge is -2.30. The summed E-state index contributed by atoms with van der Waals surface area (Å²) >= 11 is 1.62. The molecule has 0 N–H and O–H groups in total. The summed E-state index contributed by atoms with van der Waals surface area (Å²) in [4.78, 5) is 14.4. The van der Waals surface area contributed by atoms with Crippen LogP contribution >= 0.6 is 11.3 Å². The van der Waals surface area contributed by atoms with Gasteiger partial charge in [0.05, 0.1) is 12.7 Å². The molecule has 2 aromatic carbocycles. The van der Waals surface area contributed by atoms with Crippen molar-refractivity contribution in [1.82, 2.24) is 15.1 Å². The van der Waals surface area contributed by atoms with E-state index in [9.17, 15) is 4.79 Å². The highest BCUT2D eigenvalue weighted by Crippen LogP contribution is 2.36. The summed E-state index contributed by atoms with van der Waals surface area (Å²) in [6.07, 6.45) is 5.36. The van der Waals surface area contributed by atoms with Crippen molar-refractivity contribution >= 4 is 23.3 Å². The molecule has 5 nitrogen and oxygen atoms in total. The first-order valence-electron chi connectivity index (χ1n) is 9.73. The number of benzene rings is 2. The number of ether oxygens (including phenoxy) is 1. The smallest absolute Gasteiger partial charge is 0.246 e. The van der Waals surface area contributed by atoms with Crippen LogP contribution in [0.5, 0.6) is 5.75 Å². The summed E-state index contributed by atoms with van der Waals surface area (Å²) < 4.78 is 5.44. The van der Waals surface area contributed by atoms with E-state index in [0.29, 0.717) is 5.92 Å². The Morgan fingerprint density at radius 3 is 2.55 bits per heavy atom. The molecule has 1 amide bonds. The number of carbonyl (C=O) groups is 1. The van der Waals surface area contributed by atoms with E-state index in [2.05, 4.69) is 10.2 Å². The van der Waals surface area contributed by atoms with Gasteiger partial charge in [0.25, 0.3) is 0 Å². The number of amides is 1. The third-order valence-corrected chi connectivity index (χ3v) is 6.27. The van der Waals surface area contributed by atoms with Gasteiger partial charge in [-0.1, -0.05) is 53.8 Å². The number of aromatic nitrogens is 2. The molecule has 0 saturated carbocycles. The predicted molar refractivity (Wildman–Crippen MR) is 116 cm³/mol. The largest absolute Gasteiger partial charge is 0.496 e. The first-order chi connectivity index (χ1) is 14.2. The van der Waals surface area contributed by atoms with Crippen LogP contribution in [-0.4, -0.2) is 41.2 Å². The molecule has 1 saturated heterocycles. The Balaban J connectivity index is 1.37. The van der Waals surface area contributed by atoms with Gasteiger partial charge in [0.2, 0.25) is 5.91 Å². The van der Waals surface area contributed by atoms with Gasteiger partial charge >= 0.3 is 0 Å². The van der Waals surface area contributed by atoms with Crippen molar-refractivity contribution in [1.29, 1.82) is 0 Å². The van der Waals surface area contributed by atoms with Crippen LogP contribution in [0.4, 0.5) is 0 Å². The van der Waals surface area contributed by atoms with Gasteiger partial charge in [-0.2, -0.15) is 0 Å². The van der Waals surface area contributed by atoms with Gasteiger partial charge in [-0.15, -0.1) is 10.2 Å². The summed E-state index contributed by atoms with van der Waals surface area (Å²) in [6.45, 7) is 1.48. The molecule has 1 aromatic heterocycles. The lowest BCUT2D eigenvalue weighted by Crippen LogP contribution is -2.36. The number of carbonyl (C=O) groups excluding carboxylic acids is 1. The molecule has 1 aliphatic heterocycles. The molecule has 3 aromatic rings. The van der Waals surface area contributed by atoms with Gasteiger partial charge in [0.15, 0.2) is 5.01 Å². The predicted octanol–water partition coefficient (Wildman–Crippen LogP) is 4.63. The SMILES string of the molecule is COc1ccccc1-c1nnc(C2CCN(C(=O)/C=C\c3ccccc3)CC2)s1. The summed E-state index contributed by atoms with van der Waals surface area (Å²) in [5.41, 5.74) is 2.01. The molecular formula is C23H23N3O2S. The Kier molecular flexibility index (Phi) is 6.00. The molecule has 0 aliphatic carbocycles. The number of methoxy groups -OCH3 is 1. The normalized spacial score (nSPS) is 15.0. The van der Waals surface area contributed by atoms with Crippen LogP contribution in [0.25, 0.3) is 16.6 Å². The van der Waals surface area contributed by atoms with Gasteiger partial charge < -0.3 is 9.64 Å². The first kappa shape index (κ1) is 19.3. The molecule has 0 bridgehead atoms. The van der Waals surface area contributed by atoms with Gasteiger partial charge in [0, 0.05) is 25.1 Å². The van der Waals surface area contributed by atoms with E-state index in [4.69, 9.17) is 4.74 Å². The fourth-order valence-electron chi connectivity index (χ4n) is 3.51. The van der Waals surface area contributed by atoms with Crippen LogP contribution < -0.4 is 4.74 Å². The molecule has 0 unspecified atom stereocenters. The number of hydrogen-bond acceptors (Lipinski definition) is 5. The van der Waals surface area contributed by atoms with Crippen molar-refractivity contribution in [3.05, 3.63) is 71.2 Å². The molecule has 4 rings (SSSR count). The van der Waals surface area contributed by atoms with Crippen LogP contribution in [-0.2, 0) is 4.79 Å². The summed E-state index contributed by atoms with van der Waals surface area (Å²) in [5, 5.41) is 10.7. The van der Waals surface area contributed by atoms with E-state index in [1.165, 1.54) is 0 Å². The molecule has 0 radical (unpaired) electrons. The molecule has 0 atom stereocenters. The highest BCUT2D eigenvalue weighted by atomic mass is 32.1. The molecule has 0 spiro atoms. The summed E-state index contributed by atoms with van der Waals surface area (Å²) in [6, 6.07) is 17.8. The Morgan fingerprint density at radius 2 is 1.79 bits per heavy atom. The van der Waals surface area contributed by atoms with Crippen molar-refractivity contribution in [3.8, 4) is 16.3 Å². The zero-order valence-corrected chi connectivity index (χ0v) is 17.1. The number of rotatable bonds is 5.